The predicted molar refractivity (Wildman–Crippen MR) is 49.1 cm³/mol. The van der Waals surface area contributed by atoms with Crippen LogP contribution < -0.4 is 5.73 Å². The zero-order chi connectivity index (χ0) is 7.40. The Morgan fingerprint density at radius 1 is 1.36 bits per heavy atom. The van der Waals surface area contributed by atoms with Crippen LogP contribution in [0.1, 0.15) is 32.6 Å². The van der Waals surface area contributed by atoms with Gasteiger partial charge in [-0.15, -0.1) is 12.4 Å². The molecule has 0 spiro atoms. The molecule has 1 fully saturated rings. The van der Waals surface area contributed by atoms with Gasteiger partial charge in [-0.3, -0.25) is 0 Å². The van der Waals surface area contributed by atoms with Gasteiger partial charge in [0.05, 0.1) is 6.10 Å². The first kappa shape index (κ1) is 11.2. The fraction of sp³-hybridized carbons (Fsp3) is 1.00. The van der Waals surface area contributed by atoms with Crippen LogP contribution in [0.15, 0.2) is 0 Å². The molecule has 2 unspecified atom stereocenters. The van der Waals surface area contributed by atoms with Gasteiger partial charge in [-0.2, -0.15) is 0 Å². The van der Waals surface area contributed by atoms with Gasteiger partial charge in [-0.1, -0.05) is 12.8 Å². The van der Waals surface area contributed by atoms with E-state index in [1.165, 1.54) is 12.8 Å². The number of nitrogens with two attached hydrogens (primary N) is 1. The van der Waals surface area contributed by atoms with E-state index in [0.29, 0.717) is 12.1 Å². The van der Waals surface area contributed by atoms with Crippen LogP contribution in [0.2, 0.25) is 0 Å². The molecule has 0 radical (unpaired) electrons. The Morgan fingerprint density at radius 2 is 2.00 bits per heavy atom. The molecule has 2 N–H and O–H groups in total. The maximum atomic E-state index is 5.84. The third kappa shape index (κ3) is 3.41. The van der Waals surface area contributed by atoms with Crippen molar-refractivity contribution >= 4 is 12.4 Å². The number of ether oxygens (including phenoxy) is 1. The molecule has 1 rings (SSSR count). The summed E-state index contributed by atoms with van der Waals surface area (Å²) < 4.78 is 5.47. The Labute approximate surface area is 74.9 Å². The summed E-state index contributed by atoms with van der Waals surface area (Å²) in [5, 5.41) is 0. The second-order valence-corrected chi connectivity index (χ2v) is 2.94. The topological polar surface area (TPSA) is 35.2 Å². The average Bonchev–Trinajstić information content (AvgIpc) is 1.94. The van der Waals surface area contributed by atoms with Crippen molar-refractivity contribution in [3.63, 3.8) is 0 Å². The third-order valence-corrected chi connectivity index (χ3v) is 2.13. The summed E-state index contributed by atoms with van der Waals surface area (Å²) in [6, 6.07) is 0.300. The fourth-order valence-corrected chi connectivity index (χ4v) is 1.55. The van der Waals surface area contributed by atoms with Gasteiger partial charge < -0.3 is 10.5 Å². The SMILES string of the molecule is CCOC1CCCCC1N.Cl. The second kappa shape index (κ2) is 5.81. The van der Waals surface area contributed by atoms with Crippen LogP contribution in [-0.2, 0) is 4.74 Å². The Balaban J connectivity index is 0.000001000. The Hall–Kier alpha value is 0.210. The smallest absolute Gasteiger partial charge is 0.0725 e. The van der Waals surface area contributed by atoms with Gasteiger partial charge in [0, 0.05) is 12.6 Å². The van der Waals surface area contributed by atoms with Gasteiger partial charge in [0.2, 0.25) is 0 Å². The lowest BCUT2D eigenvalue weighted by molar-refractivity contribution is 0.0228. The molecule has 0 bridgehead atoms. The summed E-state index contributed by atoms with van der Waals surface area (Å²) in [4.78, 5) is 0. The van der Waals surface area contributed by atoms with E-state index in [1.807, 2.05) is 6.92 Å². The van der Waals surface area contributed by atoms with Crippen molar-refractivity contribution in [1.82, 2.24) is 0 Å². The summed E-state index contributed by atoms with van der Waals surface area (Å²) in [6.45, 7) is 2.83. The van der Waals surface area contributed by atoms with Gasteiger partial charge in [0.25, 0.3) is 0 Å². The second-order valence-electron chi connectivity index (χ2n) is 2.94. The molecule has 0 aromatic heterocycles. The molecule has 0 amide bonds. The minimum Gasteiger partial charge on any atom is -0.377 e. The van der Waals surface area contributed by atoms with Crippen LogP contribution in [0.3, 0.4) is 0 Å². The fourth-order valence-electron chi connectivity index (χ4n) is 1.55. The lowest BCUT2D eigenvalue weighted by Gasteiger charge is -2.27. The van der Waals surface area contributed by atoms with Gasteiger partial charge in [0.15, 0.2) is 0 Å². The quantitative estimate of drug-likeness (QED) is 0.701. The van der Waals surface area contributed by atoms with Gasteiger partial charge >= 0.3 is 0 Å². The maximum Gasteiger partial charge on any atom is 0.0725 e. The first-order valence-corrected chi connectivity index (χ1v) is 4.21. The molecule has 0 aromatic rings. The van der Waals surface area contributed by atoms with Crippen molar-refractivity contribution in [1.29, 1.82) is 0 Å². The van der Waals surface area contributed by atoms with Gasteiger partial charge in [0.1, 0.15) is 0 Å². The highest BCUT2D eigenvalue weighted by Crippen LogP contribution is 2.19. The van der Waals surface area contributed by atoms with E-state index in [4.69, 9.17) is 10.5 Å². The van der Waals surface area contributed by atoms with Crippen molar-refractivity contribution in [2.75, 3.05) is 6.61 Å². The molecule has 0 heterocycles. The van der Waals surface area contributed by atoms with E-state index in [2.05, 4.69) is 0 Å². The highest BCUT2D eigenvalue weighted by atomic mass is 35.5. The van der Waals surface area contributed by atoms with Crippen LogP contribution in [0.4, 0.5) is 0 Å². The zero-order valence-corrected chi connectivity index (χ0v) is 7.90. The molecule has 2 atom stereocenters. The van der Waals surface area contributed by atoms with Crippen molar-refractivity contribution < 1.29 is 4.74 Å². The number of halogens is 1. The standard InChI is InChI=1S/C8H17NO.ClH/c1-2-10-8-6-4-3-5-7(8)9;/h7-8H,2-6,9H2,1H3;1H. The molecule has 0 aliphatic heterocycles. The lowest BCUT2D eigenvalue weighted by Crippen LogP contribution is -2.39. The van der Waals surface area contributed by atoms with Crippen molar-refractivity contribution in [2.45, 2.75) is 44.8 Å². The molecule has 0 saturated heterocycles. The summed E-state index contributed by atoms with van der Waals surface area (Å²) in [6.07, 6.45) is 5.22. The molecular formula is C8H18ClNO. The molecule has 3 heteroatoms. The number of rotatable bonds is 2. The maximum absolute atomic E-state index is 5.84. The van der Waals surface area contributed by atoms with Crippen LogP contribution in [0.5, 0.6) is 0 Å². The van der Waals surface area contributed by atoms with E-state index in [0.717, 1.165) is 19.4 Å². The van der Waals surface area contributed by atoms with Crippen molar-refractivity contribution in [3.05, 3.63) is 0 Å². The molecule has 2 nitrogen and oxygen atoms in total. The van der Waals surface area contributed by atoms with E-state index >= 15 is 0 Å². The normalized spacial score (nSPS) is 31.1. The monoisotopic (exact) mass is 179 g/mol. The Bertz CT molecular complexity index is 98.1. The highest BCUT2D eigenvalue weighted by molar-refractivity contribution is 5.85. The molecule has 1 saturated carbocycles. The summed E-state index contributed by atoms with van der Waals surface area (Å²) in [5.74, 6) is 0. The van der Waals surface area contributed by atoms with Crippen LogP contribution in [-0.4, -0.2) is 18.8 Å². The Morgan fingerprint density at radius 3 is 2.55 bits per heavy atom. The number of hydrogen-bond donors (Lipinski definition) is 1. The molecule has 0 aromatic carbocycles. The predicted octanol–water partition coefficient (Wildman–Crippen LogP) is 1.71. The average molecular weight is 180 g/mol. The lowest BCUT2D eigenvalue weighted by atomic mass is 9.93. The minimum absolute atomic E-state index is 0. The summed E-state index contributed by atoms with van der Waals surface area (Å²) in [7, 11) is 0. The molecule has 1 aliphatic carbocycles. The summed E-state index contributed by atoms with van der Waals surface area (Å²) >= 11 is 0. The summed E-state index contributed by atoms with van der Waals surface area (Å²) in [5.41, 5.74) is 5.84. The highest BCUT2D eigenvalue weighted by Gasteiger charge is 2.21. The molecule has 1 aliphatic rings. The number of hydrogen-bond acceptors (Lipinski definition) is 2. The van der Waals surface area contributed by atoms with Gasteiger partial charge in [-0.25, -0.2) is 0 Å². The zero-order valence-electron chi connectivity index (χ0n) is 7.08. The van der Waals surface area contributed by atoms with Crippen molar-refractivity contribution in [3.8, 4) is 0 Å². The minimum atomic E-state index is 0. The van der Waals surface area contributed by atoms with E-state index in [1.54, 1.807) is 0 Å². The van der Waals surface area contributed by atoms with E-state index in [9.17, 15) is 0 Å². The first-order valence-electron chi connectivity index (χ1n) is 4.21. The largest absolute Gasteiger partial charge is 0.377 e. The first-order chi connectivity index (χ1) is 4.84. The molecule has 11 heavy (non-hydrogen) atoms. The molecular weight excluding hydrogens is 162 g/mol. The van der Waals surface area contributed by atoms with Crippen LogP contribution >= 0.6 is 12.4 Å². The van der Waals surface area contributed by atoms with E-state index in [-0.39, 0.29) is 12.4 Å². The van der Waals surface area contributed by atoms with Crippen LogP contribution in [0, 0.1) is 0 Å². The van der Waals surface area contributed by atoms with Crippen LogP contribution in [0.25, 0.3) is 0 Å². The molecule has 68 valence electrons. The van der Waals surface area contributed by atoms with Gasteiger partial charge in [-0.05, 0) is 19.8 Å². The third-order valence-electron chi connectivity index (χ3n) is 2.13. The van der Waals surface area contributed by atoms with Crippen molar-refractivity contribution in [2.24, 2.45) is 5.73 Å². The Kier molecular flexibility index (Phi) is 5.92. The van der Waals surface area contributed by atoms with E-state index < -0.39 is 0 Å².